The van der Waals surface area contributed by atoms with Crippen molar-refractivity contribution < 1.29 is 4.39 Å². The Labute approximate surface area is 123 Å². The largest absolute Gasteiger partial charge is 0.324 e. The van der Waals surface area contributed by atoms with Crippen LogP contribution in [-0.4, -0.2) is 9.78 Å². The molecule has 1 heterocycles. The van der Waals surface area contributed by atoms with Crippen molar-refractivity contribution in [3.8, 4) is 0 Å². The van der Waals surface area contributed by atoms with Gasteiger partial charge in [-0.1, -0.05) is 30.7 Å². The van der Waals surface area contributed by atoms with E-state index in [1.165, 1.54) is 6.07 Å². The fourth-order valence-corrected chi connectivity index (χ4v) is 2.64. The number of halogens is 2. The molecule has 20 heavy (non-hydrogen) atoms. The lowest BCUT2D eigenvalue weighted by atomic mass is 10.0. The normalized spacial score (nSPS) is 12.7. The van der Waals surface area contributed by atoms with Gasteiger partial charge in [0.25, 0.3) is 0 Å². The zero-order chi connectivity index (χ0) is 14.9. The Morgan fingerprint density at radius 3 is 2.70 bits per heavy atom. The van der Waals surface area contributed by atoms with Gasteiger partial charge in [-0.2, -0.15) is 5.10 Å². The molecule has 1 atom stereocenters. The zero-order valence-electron chi connectivity index (χ0n) is 12.0. The van der Waals surface area contributed by atoms with E-state index in [0.717, 1.165) is 23.4 Å². The molecule has 2 rings (SSSR count). The molecule has 2 aromatic rings. The van der Waals surface area contributed by atoms with E-state index in [9.17, 15) is 4.39 Å². The Hall–Kier alpha value is -1.39. The van der Waals surface area contributed by atoms with Crippen LogP contribution in [0.15, 0.2) is 18.2 Å². The molecular formula is C15H19ClFN3. The van der Waals surface area contributed by atoms with E-state index in [2.05, 4.69) is 5.10 Å². The average Bonchev–Trinajstić information content (AvgIpc) is 2.69. The first-order valence-electron chi connectivity index (χ1n) is 6.65. The van der Waals surface area contributed by atoms with Crippen LogP contribution < -0.4 is 5.73 Å². The van der Waals surface area contributed by atoms with Crippen molar-refractivity contribution in [1.82, 2.24) is 9.78 Å². The Morgan fingerprint density at radius 1 is 1.45 bits per heavy atom. The van der Waals surface area contributed by atoms with Crippen molar-refractivity contribution in [1.29, 1.82) is 0 Å². The molecule has 0 saturated heterocycles. The molecule has 0 fully saturated rings. The predicted molar refractivity (Wildman–Crippen MR) is 79.4 cm³/mol. The molecule has 0 amide bonds. The maximum atomic E-state index is 13.3. The zero-order valence-corrected chi connectivity index (χ0v) is 12.7. The third kappa shape index (κ3) is 2.86. The fourth-order valence-electron chi connectivity index (χ4n) is 2.27. The van der Waals surface area contributed by atoms with Crippen molar-refractivity contribution in [2.45, 2.75) is 32.7 Å². The molecular weight excluding hydrogens is 277 g/mol. The number of nitrogens with two attached hydrogens (primary N) is 1. The van der Waals surface area contributed by atoms with E-state index in [1.54, 1.807) is 23.7 Å². The molecule has 1 aromatic heterocycles. The van der Waals surface area contributed by atoms with Crippen LogP contribution in [0.5, 0.6) is 0 Å². The quantitative estimate of drug-likeness (QED) is 0.940. The summed E-state index contributed by atoms with van der Waals surface area (Å²) in [5, 5.41) is 5.06. The first-order valence-corrected chi connectivity index (χ1v) is 7.03. The summed E-state index contributed by atoms with van der Waals surface area (Å²) < 4.78 is 15.1. The fraction of sp³-hybridized carbons (Fsp3) is 0.400. The van der Waals surface area contributed by atoms with Gasteiger partial charge in [-0.05, 0) is 30.5 Å². The van der Waals surface area contributed by atoms with Crippen molar-refractivity contribution in [2.24, 2.45) is 12.8 Å². The van der Waals surface area contributed by atoms with Crippen LogP contribution in [0.3, 0.4) is 0 Å². The molecule has 0 aliphatic carbocycles. The monoisotopic (exact) mass is 295 g/mol. The van der Waals surface area contributed by atoms with Crippen molar-refractivity contribution >= 4 is 11.6 Å². The van der Waals surface area contributed by atoms with E-state index >= 15 is 0 Å². The van der Waals surface area contributed by atoms with Gasteiger partial charge in [0, 0.05) is 19.5 Å². The van der Waals surface area contributed by atoms with Gasteiger partial charge in [0.2, 0.25) is 0 Å². The lowest BCUT2D eigenvalue weighted by molar-refractivity contribution is 0.610. The lowest BCUT2D eigenvalue weighted by Gasteiger charge is -2.13. The molecule has 0 radical (unpaired) electrons. The second-order valence-electron chi connectivity index (χ2n) is 5.00. The summed E-state index contributed by atoms with van der Waals surface area (Å²) in [4.78, 5) is 0. The predicted octanol–water partition coefficient (Wildman–Crippen LogP) is 3.33. The smallest absolute Gasteiger partial charge is 0.126 e. The Bertz CT molecular complexity index is 622. The van der Waals surface area contributed by atoms with Gasteiger partial charge in [-0.3, -0.25) is 4.68 Å². The molecule has 2 N–H and O–H groups in total. The number of rotatable bonds is 4. The maximum absolute atomic E-state index is 13.3. The Kier molecular flexibility index (Phi) is 4.45. The summed E-state index contributed by atoms with van der Waals surface area (Å²) in [6.07, 6.45) is 1.37. The van der Waals surface area contributed by atoms with Gasteiger partial charge < -0.3 is 5.73 Å². The molecule has 1 unspecified atom stereocenters. The highest BCUT2D eigenvalue weighted by Gasteiger charge is 2.17. The molecule has 5 heteroatoms. The van der Waals surface area contributed by atoms with E-state index in [0.29, 0.717) is 17.0 Å². The van der Waals surface area contributed by atoms with Crippen LogP contribution >= 0.6 is 11.6 Å². The van der Waals surface area contributed by atoms with Crippen LogP contribution in [0.1, 0.15) is 35.5 Å². The van der Waals surface area contributed by atoms with Crippen LogP contribution in [-0.2, 0) is 19.9 Å². The number of hydrogen-bond donors (Lipinski definition) is 1. The minimum absolute atomic E-state index is 0.215. The van der Waals surface area contributed by atoms with Gasteiger partial charge in [0.1, 0.15) is 5.82 Å². The molecule has 1 aromatic carbocycles. The van der Waals surface area contributed by atoms with E-state index in [4.69, 9.17) is 17.3 Å². The summed E-state index contributed by atoms with van der Waals surface area (Å²) in [7, 11) is 1.86. The molecule has 0 saturated carbocycles. The second kappa shape index (κ2) is 5.94. The number of hydrogen-bond acceptors (Lipinski definition) is 2. The number of nitrogens with zero attached hydrogens (tertiary/aromatic N) is 2. The highest BCUT2D eigenvalue weighted by molar-refractivity contribution is 6.31. The molecule has 0 aliphatic rings. The highest BCUT2D eigenvalue weighted by Crippen LogP contribution is 2.26. The van der Waals surface area contributed by atoms with Crippen LogP contribution in [0.25, 0.3) is 0 Å². The second-order valence-corrected chi connectivity index (χ2v) is 5.38. The number of benzene rings is 1. The standard InChI is InChI=1S/C15H19ClFN3/c1-4-13-15(16)14(20(3)19-13)8-12(18)10-5-6-11(17)9(2)7-10/h5-7,12H,4,8,18H2,1-3H3. The first kappa shape index (κ1) is 15.0. The molecule has 3 nitrogen and oxygen atoms in total. The van der Waals surface area contributed by atoms with Gasteiger partial charge in [-0.15, -0.1) is 0 Å². The minimum atomic E-state index is -0.230. The summed E-state index contributed by atoms with van der Waals surface area (Å²) >= 11 is 6.32. The minimum Gasteiger partial charge on any atom is -0.324 e. The molecule has 108 valence electrons. The van der Waals surface area contributed by atoms with Gasteiger partial charge in [0.05, 0.1) is 16.4 Å². The summed E-state index contributed by atoms with van der Waals surface area (Å²) in [6, 6.07) is 4.72. The van der Waals surface area contributed by atoms with Crippen molar-refractivity contribution in [3.63, 3.8) is 0 Å². The number of aryl methyl sites for hydroxylation is 3. The summed E-state index contributed by atoms with van der Waals surface area (Å²) in [6.45, 7) is 3.75. The van der Waals surface area contributed by atoms with Crippen LogP contribution in [0.4, 0.5) is 4.39 Å². The van der Waals surface area contributed by atoms with E-state index in [1.807, 2.05) is 14.0 Å². The maximum Gasteiger partial charge on any atom is 0.126 e. The summed E-state index contributed by atoms with van der Waals surface area (Å²) in [5.74, 6) is -0.215. The molecule has 0 aliphatic heterocycles. The average molecular weight is 296 g/mol. The Balaban J connectivity index is 2.25. The van der Waals surface area contributed by atoms with Crippen molar-refractivity contribution in [2.75, 3.05) is 0 Å². The molecule has 0 spiro atoms. The van der Waals surface area contributed by atoms with Crippen LogP contribution in [0.2, 0.25) is 5.02 Å². The first-order chi connectivity index (χ1) is 9.43. The van der Waals surface area contributed by atoms with Crippen LogP contribution in [0, 0.1) is 12.7 Å². The third-order valence-corrected chi connectivity index (χ3v) is 3.96. The highest BCUT2D eigenvalue weighted by atomic mass is 35.5. The number of aromatic nitrogens is 2. The summed E-state index contributed by atoms with van der Waals surface area (Å²) in [5.41, 5.74) is 9.51. The third-order valence-electron chi connectivity index (χ3n) is 3.53. The van der Waals surface area contributed by atoms with Crippen molar-refractivity contribution in [3.05, 3.63) is 51.6 Å². The van der Waals surface area contributed by atoms with Gasteiger partial charge in [-0.25, -0.2) is 4.39 Å². The lowest BCUT2D eigenvalue weighted by Crippen LogP contribution is -2.16. The van der Waals surface area contributed by atoms with Gasteiger partial charge in [0.15, 0.2) is 0 Å². The van der Waals surface area contributed by atoms with E-state index < -0.39 is 0 Å². The topological polar surface area (TPSA) is 43.8 Å². The van der Waals surface area contributed by atoms with E-state index in [-0.39, 0.29) is 11.9 Å². The molecule has 0 bridgehead atoms. The van der Waals surface area contributed by atoms with Gasteiger partial charge >= 0.3 is 0 Å². The Morgan fingerprint density at radius 2 is 2.15 bits per heavy atom. The SMILES string of the molecule is CCc1nn(C)c(CC(N)c2ccc(F)c(C)c2)c1Cl.